The van der Waals surface area contributed by atoms with E-state index in [2.05, 4.69) is 5.32 Å². The van der Waals surface area contributed by atoms with E-state index in [0.29, 0.717) is 11.7 Å². The fourth-order valence-corrected chi connectivity index (χ4v) is 3.72. The molecule has 86 valence electrons. The number of hydrogen-bond donors (Lipinski definition) is 1. The summed E-state index contributed by atoms with van der Waals surface area (Å²) < 4.78 is 6.33. The first kappa shape index (κ1) is 10.1. The SMILES string of the molecule is C1CNC(CC2CCC3(CCCC3)O2)C1. The number of hydrogen-bond acceptors (Lipinski definition) is 2. The summed E-state index contributed by atoms with van der Waals surface area (Å²) in [5.74, 6) is 0. The normalized spacial score (nSPS) is 39.2. The first-order valence-electron chi connectivity index (χ1n) is 6.78. The maximum absolute atomic E-state index is 6.33. The molecule has 1 saturated carbocycles. The van der Waals surface area contributed by atoms with E-state index < -0.39 is 0 Å². The monoisotopic (exact) mass is 209 g/mol. The van der Waals surface area contributed by atoms with Crippen molar-refractivity contribution in [3.8, 4) is 0 Å². The van der Waals surface area contributed by atoms with Gasteiger partial charge in [0.2, 0.25) is 0 Å². The minimum absolute atomic E-state index is 0.337. The van der Waals surface area contributed by atoms with Crippen molar-refractivity contribution in [1.82, 2.24) is 5.32 Å². The molecule has 2 saturated heterocycles. The van der Waals surface area contributed by atoms with Crippen LogP contribution in [0, 0.1) is 0 Å². The van der Waals surface area contributed by atoms with E-state index in [0.717, 1.165) is 6.04 Å². The molecule has 2 heterocycles. The lowest BCUT2D eigenvalue weighted by atomic mass is 9.97. The van der Waals surface area contributed by atoms with Crippen molar-refractivity contribution < 1.29 is 4.74 Å². The minimum Gasteiger partial charge on any atom is -0.372 e. The molecule has 0 radical (unpaired) electrons. The van der Waals surface area contributed by atoms with Crippen LogP contribution in [0.25, 0.3) is 0 Å². The Balaban J connectivity index is 1.52. The Labute approximate surface area is 92.8 Å². The predicted octanol–water partition coefficient (Wildman–Crippen LogP) is 2.62. The van der Waals surface area contributed by atoms with Gasteiger partial charge in [0.1, 0.15) is 0 Å². The molecule has 1 aliphatic carbocycles. The highest BCUT2D eigenvalue weighted by Crippen LogP contribution is 2.44. The Morgan fingerprint density at radius 3 is 2.67 bits per heavy atom. The van der Waals surface area contributed by atoms with E-state index in [-0.39, 0.29) is 0 Å². The van der Waals surface area contributed by atoms with E-state index in [9.17, 15) is 0 Å². The van der Waals surface area contributed by atoms with Crippen LogP contribution in [0.1, 0.15) is 57.8 Å². The van der Waals surface area contributed by atoms with Gasteiger partial charge in [-0.25, -0.2) is 0 Å². The highest BCUT2D eigenvalue weighted by molar-refractivity contribution is 4.94. The van der Waals surface area contributed by atoms with E-state index in [1.807, 2.05) is 0 Å². The highest BCUT2D eigenvalue weighted by Gasteiger charge is 2.42. The van der Waals surface area contributed by atoms with E-state index in [1.54, 1.807) is 0 Å². The molecular formula is C13H23NO. The number of rotatable bonds is 2. The Kier molecular flexibility index (Phi) is 2.73. The van der Waals surface area contributed by atoms with Crippen LogP contribution in [0.3, 0.4) is 0 Å². The Morgan fingerprint density at radius 1 is 1.07 bits per heavy atom. The Bertz CT molecular complexity index is 217. The van der Waals surface area contributed by atoms with Crippen LogP contribution in [0.2, 0.25) is 0 Å². The third-order valence-electron chi connectivity index (χ3n) is 4.56. The third kappa shape index (κ3) is 2.07. The van der Waals surface area contributed by atoms with Crippen LogP contribution < -0.4 is 5.32 Å². The van der Waals surface area contributed by atoms with Crippen LogP contribution >= 0.6 is 0 Å². The molecule has 15 heavy (non-hydrogen) atoms. The van der Waals surface area contributed by atoms with Crippen LogP contribution in [-0.4, -0.2) is 24.3 Å². The lowest BCUT2D eigenvalue weighted by molar-refractivity contribution is -0.0413. The summed E-state index contributed by atoms with van der Waals surface area (Å²) in [5, 5.41) is 3.58. The molecule has 3 rings (SSSR count). The van der Waals surface area contributed by atoms with Crippen molar-refractivity contribution in [3.05, 3.63) is 0 Å². The van der Waals surface area contributed by atoms with Gasteiger partial charge < -0.3 is 10.1 Å². The topological polar surface area (TPSA) is 21.3 Å². The average molecular weight is 209 g/mol. The zero-order valence-corrected chi connectivity index (χ0v) is 9.63. The molecule has 2 nitrogen and oxygen atoms in total. The van der Waals surface area contributed by atoms with Gasteiger partial charge in [-0.15, -0.1) is 0 Å². The van der Waals surface area contributed by atoms with Gasteiger partial charge in [0.25, 0.3) is 0 Å². The molecule has 0 aromatic carbocycles. The fourth-order valence-electron chi connectivity index (χ4n) is 3.72. The zero-order chi connectivity index (χ0) is 10.1. The van der Waals surface area contributed by atoms with Gasteiger partial charge in [-0.3, -0.25) is 0 Å². The van der Waals surface area contributed by atoms with E-state index in [4.69, 9.17) is 4.74 Å². The van der Waals surface area contributed by atoms with Gasteiger partial charge in [-0.2, -0.15) is 0 Å². The molecule has 1 spiro atoms. The summed E-state index contributed by atoms with van der Waals surface area (Å²) in [6, 6.07) is 0.756. The number of nitrogens with one attached hydrogen (secondary N) is 1. The van der Waals surface area contributed by atoms with Gasteiger partial charge in [0.05, 0.1) is 11.7 Å². The molecule has 0 aromatic rings. The quantitative estimate of drug-likeness (QED) is 0.755. The molecule has 2 unspecified atom stereocenters. The summed E-state index contributed by atoms with van der Waals surface area (Å²) in [4.78, 5) is 0. The molecular weight excluding hydrogens is 186 g/mol. The smallest absolute Gasteiger partial charge is 0.0687 e. The first-order chi connectivity index (χ1) is 7.36. The summed E-state index contributed by atoms with van der Waals surface area (Å²) >= 11 is 0. The van der Waals surface area contributed by atoms with Crippen LogP contribution in [0.4, 0.5) is 0 Å². The summed E-state index contributed by atoms with van der Waals surface area (Å²) in [6.45, 7) is 1.22. The second-order valence-electron chi connectivity index (χ2n) is 5.70. The molecule has 0 bridgehead atoms. The van der Waals surface area contributed by atoms with E-state index >= 15 is 0 Å². The largest absolute Gasteiger partial charge is 0.372 e. The van der Waals surface area contributed by atoms with Crippen molar-refractivity contribution >= 4 is 0 Å². The third-order valence-corrected chi connectivity index (χ3v) is 4.56. The zero-order valence-electron chi connectivity index (χ0n) is 9.63. The minimum atomic E-state index is 0.337. The van der Waals surface area contributed by atoms with Gasteiger partial charge in [0, 0.05) is 6.04 Å². The van der Waals surface area contributed by atoms with Crippen molar-refractivity contribution in [3.63, 3.8) is 0 Å². The maximum atomic E-state index is 6.33. The Morgan fingerprint density at radius 2 is 1.93 bits per heavy atom. The summed E-state index contributed by atoms with van der Waals surface area (Å²) in [5.41, 5.74) is 0.337. The maximum Gasteiger partial charge on any atom is 0.0687 e. The van der Waals surface area contributed by atoms with Crippen molar-refractivity contribution in [1.29, 1.82) is 0 Å². The Hall–Kier alpha value is -0.0800. The summed E-state index contributed by atoms with van der Waals surface area (Å²) in [6.07, 6.45) is 12.7. The van der Waals surface area contributed by atoms with Crippen LogP contribution in [0.5, 0.6) is 0 Å². The molecule has 2 heteroatoms. The molecule has 2 aliphatic heterocycles. The van der Waals surface area contributed by atoms with Crippen molar-refractivity contribution in [2.24, 2.45) is 0 Å². The molecule has 0 amide bonds. The van der Waals surface area contributed by atoms with Crippen LogP contribution in [0.15, 0.2) is 0 Å². The molecule has 2 atom stereocenters. The van der Waals surface area contributed by atoms with Crippen molar-refractivity contribution in [2.75, 3.05) is 6.54 Å². The standard InChI is InChI=1S/C13H23NO/c1-2-7-13(6-1)8-5-12(15-13)10-11-4-3-9-14-11/h11-12,14H,1-10H2. The van der Waals surface area contributed by atoms with Crippen molar-refractivity contribution in [2.45, 2.75) is 75.5 Å². The molecule has 0 aromatic heterocycles. The first-order valence-corrected chi connectivity index (χ1v) is 6.78. The highest BCUT2D eigenvalue weighted by atomic mass is 16.5. The van der Waals surface area contributed by atoms with Gasteiger partial charge in [-0.1, -0.05) is 12.8 Å². The molecule has 1 N–H and O–H groups in total. The lowest BCUT2D eigenvalue weighted by Gasteiger charge is -2.24. The van der Waals surface area contributed by atoms with Crippen LogP contribution in [-0.2, 0) is 4.74 Å². The molecule has 3 aliphatic rings. The van der Waals surface area contributed by atoms with E-state index in [1.165, 1.54) is 64.3 Å². The number of ether oxygens (including phenoxy) is 1. The molecule has 3 fully saturated rings. The van der Waals surface area contributed by atoms with Gasteiger partial charge >= 0.3 is 0 Å². The van der Waals surface area contributed by atoms with Gasteiger partial charge in [-0.05, 0) is 51.5 Å². The lowest BCUT2D eigenvalue weighted by Crippen LogP contribution is -2.29. The van der Waals surface area contributed by atoms with Gasteiger partial charge in [0.15, 0.2) is 0 Å². The predicted molar refractivity (Wildman–Crippen MR) is 60.9 cm³/mol. The second-order valence-corrected chi connectivity index (χ2v) is 5.70. The summed E-state index contributed by atoms with van der Waals surface area (Å²) in [7, 11) is 0. The fraction of sp³-hybridized carbons (Fsp3) is 1.00. The average Bonchev–Trinajstić information content (AvgIpc) is 2.92. The second kappa shape index (κ2) is 4.06.